The van der Waals surface area contributed by atoms with E-state index in [1.807, 2.05) is 0 Å². The first-order chi connectivity index (χ1) is 7.27. The fraction of sp³-hybridized carbons (Fsp3) is 0. The fourth-order valence-corrected chi connectivity index (χ4v) is 1.01. The Labute approximate surface area is 84.4 Å². The summed E-state index contributed by atoms with van der Waals surface area (Å²) in [5.41, 5.74) is 0. The molecule has 0 saturated carbocycles. The van der Waals surface area contributed by atoms with E-state index in [4.69, 9.17) is 4.74 Å². The van der Waals surface area contributed by atoms with Gasteiger partial charge in [0.2, 0.25) is 0 Å². The molecule has 0 saturated heterocycles. The van der Waals surface area contributed by atoms with Crippen LogP contribution in [0.5, 0.6) is 11.5 Å². The van der Waals surface area contributed by atoms with Crippen molar-refractivity contribution < 1.29 is 13.5 Å². The molecule has 5 heteroatoms. The number of ether oxygens (including phenoxy) is 1. The lowest BCUT2D eigenvalue weighted by molar-refractivity contribution is 0.397. The number of halogens is 2. The molecule has 0 unspecified atom stereocenters. The Balaban J connectivity index is 2.30. The third-order valence-corrected chi connectivity index (χ3v) is 1.67. The van der Waals surface area contributed by atoms with Crippen LogP contribution in [0.3, 0.4) is 0 Å². The molecule has 0 atom stereocenters. The van der Waals surface area contributed by atoms with Crippen molar-refractivity contribution in [1.82, 2.24) is 9.97 Å². The summed E-state index contributed by atoms with van der Waals surface area (Å²) in [7, 11) is 0. The minimum absolute atomic E-state index is 0.135. The normalized spacial score (nSPS) is 10.0. The summed E-state index contributed by atoms with van der Waals surface area (Å²) in [6, 6.07) is 5.70. The second-order valence-corrected chi connectivity index (χ2v) is 2.69. The molecule has 0 aliphatic heterocycles. The summed E-state index contributed by atoms with van der Waals surface area (Å²) in [4.78, 5) is 6.74. The Morgan fingerprint density at radius 2 is 1.33 bits per heavy atom. The van der Waals surface area contributed by atoms with Gasteiger partial charge >= 0.3 is 0 Å². The molecular formula is C10H6F2N2O. The van der Waals surface area contributed by atoms with E-state index in [9.17, 15) is 8.78 Å². The van der Waals surface area contributed by atoms with Gasteiger partial charge in [-0.25, -0.2) is 9.97 Å². The maximum atomic E-state index is 13.0. The average Bonchev–Trinajstić information content (AvgIpc) is 2.24. The van der Waals surface area contributed by atoms with Gasteiger partial charge in [0.25, 0.3) is 11.9 Å². The Bertz CT molecular complexity index is 433. The third kappa shape index (κ3) is 2.07. The highest BCUT2D eigenvalue weighted by atomic mass is 19.1. The van der Waals surface area contributed by atoms with Gasteiger partial charge in [0.05, 0.1) is 0 Å². The van der Waals surface area contributed by atoms with Crippen LogP contribution in [0.1, 0.15) is 0 Å². The summed E-state index contributed by atoms with van der Waals surface area (Å²) in [5, 5.41) is 0. The van der Waals surface area contributed by atoms with Gasteiger partial charge in [-0.2, -0.15) is 8.78 Å². The van der Waals surface area contributed by atoms with Crippen LogP contribution >= 0.6 is 0 Å². The smallest absolute Gasteiger partial charge is 0.255 e. The quantitative estimate of drug-likeness (QED) is 0.711. The van der Waals surface area contributed by atoms with Gasteiger partial charge < -0.3 is 4.74 Å². The predicted molar refractivity (Wildman–Crippen MR) is 48.5 cm³/mol. The van der Waals surface area contributed by atoms with Crippen LogP contribution in [-0.4, -0.2) is 9.97 Å². The fourth-order valence-electron chi connectivity index (χ4n) is 1.01. The molecule has 0 N–H and O–H groups in total. The first kappa shape index (κ1) is 9.51. The van der Waals surface area contributed by atoms with Crippen molar-refractivity contribution in [2.75, 3.05) is 0 Å². The molecule has 0 radical (unpaired) electrons. The van der Waals surface area contributed by atoms with Crippen molar-refractivity contribution in [3.05, 3.63) is 48.6 Å². The minimum atomic E-state index is -0.791. The van der Waals surface area contributed by atoms with Gasteiger partial charge in [-0.05, 0) is 24.3 Å². The van der Waals surface area contributed by atoms with Crippen LogP contribution < -0.4 is 4.74 Å². The standard InChI is InChI=1S/C10H6F2N2O/c11-9-7(3-1-5-13-9)15-8-4-2-6-14-10(8)12/h1-6H. The van der Waals surface area contributed by atoms with E-state index in [1.54, 1.807) is 0 Å². The van der Waals surface area contributed by atoms with Gasteiger partial charge in [-0.1, -0.05) is 0 Å². The zero-order valence-electron chi connectivity index (χ0n) is 7.52. The van der Waals surface area contributed by atoms with Crippen molar-refractivity contribution in [3.63, 3.8) is 0 Å². The highest BCUT2D eigenvalue weighted by Crippen LogP contribution is 2.23. The van der Waals surface area contributed by atoms with E-state index in [0.717, 1.165) is 0 Å². The molecule has 2 aromatic heterocycles. The molecule has 0 amide bonds. The van der Waals surface area contributed by atoms with E-state index in [2.05, 4.69) is 9.97 Å². The van der Waals surface area contributed by atoms with Crippen molar-refractivity contribution >= 4 is 0 Å². The van der Waals surface area contributed by atoms with E-state index in [0.29, 0.717) is 0 Å². The molecule has 0 aliphatic rings. The van der Waals surface area contributed by atoms with E-state index < -0.39 is 11.9 Å². The highest BCUT2D eigenvalue weighted by molar-refractivity contribution is 5.27. The molecule has 2 rings (SSSR count). The molecule has 2 aromatic rings. The van der Waals surface area contributed by atoms with E-state index >= 15 is 0 Å². The monoisotopic (exact) mass is 208 g/mol. The molecule has 0 aliphatic carbocycles. The molecule has 0 bridgehead atoms. The van der Waals surface area contributed by atoms with Crippen LogP contribution in [0.15, 0.2) is 36.7 Å². The van der Waals surface area contributed by atoms with Crippen LogP contribution in [0.25, 0.3) is 0 Å². The molecule has 0 aromatic carbocycles. The number of aromatic nitrogens is 2. The zero-order chi connectivity index (χ0) is 10.7. The van der Waals surface area contributed by atoms with Crippen LogP contribution in [0, 0.1) is 11.9 Å². The van der Waals surface area contributed by atoms with E-state index in [-0.39, 0.29) is 11.5 Å². The highest BCUT2D eigenvalue weighted by Gasteiger charge is 2.08. The largest absolute Gasteiger partial charge is 0.448 e. The minimum Gasteiger partial charge on any atom is -0.448 e. The Morgan fingerprint density at radius 3 is 1.73 bits per heavy atom. The van der Waals surface area contributed by atoms with Crippen LogP contribution in [-0.2, 0) is 0 Å². The van der Waals surface area contributed by atoms with E-state index in [1.165, 1.54) is 36.7 Å². The summed E-state index contributed by atoms with van der Waals surface area (Å²) in [6.07, 6.45) is 2.56. The average molecular weight is 208 g/mol. The number of rotatable bonds is 2. The molecule has 0 fully saturated rings. The molecule has 76 valence electrons. The van der Waals surface area contributed by atoms with Crippen LogP contribution in [0.4, 0.5) is 8.78 Å². The van der Waals surface area contributed by atoms with Crippen LogP contribution in [0.2, 0.25) is 0 Å². The predicted octanol–water partition coefficient (Wildman–Crippen LogP) is 2.55. The van der Waals surface area contributed by atoms with Crippen molar-refractivity contribution in [2.24, 2.45) is 0 Å². The maximum Gasteiger partial charge on any atom is 0.255 e. The lowest BCUT2D eigenvalue weighted by Gasteiger charge is -2.05. The van der Waals surface area contributed by atoms with Gasteiger partial charge in [0.1, 0.15) is 0 Å². The molecule has 2 heterocycles. The summed E-state index contributed by atoms with van der Waals surface area (Å²) >= 11 is 0. The Kier molecular flexibility index (Phi) is 2.53. The molecule has 15 heavy (non-hydrogen) atoms. The molecule has 3 nitrogen and oxygen atoms in total. The lowest BCUT2D eigenvalue weighted by Crippen LogP contribution is -1.94. The summed E-state index contributed by atoms with van der Waals surface area (Å²) < 4.78 is 31.0. The SMILES string of the molecule is Fc1ncccc1Oc1cccnc1F. The van der Waals surface area contributed by atoms with Gasteiger partial charge in [-0.15, -0.1) is 0 Å². The topological polar surface area (TPSA) is 35.0 Å². The molecular weight excluding hydrogens is 202 g/mol. The van der Waals surface area contributed by atoms with Gasteiger partial charge in [0.15, 0.2) is 11.5 Å². The maximum absolute atomic E-state index is 13.0. The first-order valence-electron chi connectivity index (χ1n) is 4.16. The molecule has 0 spiro atoms. The van der Waals surface area contributed by atoms with Crippen molar-refractivity contribution in [3.8, 4) is 11.5 Å². The summed E-state index contributed by atoms with van der Waals surface area (Å²) in [6.45, 7) is 0. The van der Waals surface area contributed by atoms with Crippen molar-refractivity contribution in [2.45, 2.75) is 0 Å². The van der Waals surface area contributed by atoms with Gasteiger partial charge in [0, 0.05) is 12.4 Å². The number of hydrogen-bond donors (Lipinski definition) is 0. The number of nitrogens with zero attached hydrogens (tertiary/aromatic N) is 2. The first-order valence-corrected chi connectivity index (χ1v) is 4.16. The van der Waals surface area contributed by atoms with Crippen molar-refractivity contribution in [1.29, 1.82) is 0 Å². The lowest BCUT2D eigenvalue weighted by atomic mass is 10.4. The second-order valence-electron chi connectivity index (χ2n) is 2.69. The third-order valence-electron chi connectivity index (χ3n) is 1.67. The summed E-state index contributed by atoms with van der Waals surface area (Å²) in [5.74, 6) is -1.85. The Morgan fingerprint density at radius 1 is 0.867 bits per heavy atom. The Hall–Kier alpha value is -2.04. The number of pyridine rings is 2. The number of hydrogen-bond acceptors (Lipinski definition) is 3. The second kappa shape index (κ2) is 4.00. The zero-order valence-corrected chi connectivity index (χ0v) is 7.52. The van der Waals surface area contributed by atoms with Gasteiger partial charge in [-0.3, -0.25) is 0 Å².